The molecular weight excluding hydrogens is 106 g/mol. The third-order valence-electron chi connectivity index (χ3n) is 0.891. The third kappa shape index (κ3) is 2.71. The minimum Gasteiger partial charge on any atom is -0.626 e. The number of carbonyl (C=O) groups is 1. The molecule has 8 heavy (non-hydrogen) atoms. The van der Waals surface area contributed by atoms with Crippen molar-refractivity contribution in [2.24, 2.45) is 0 Å². The molecule has 0 bridgehead atoms. The Morgan fingerprint density at radius 1 is 1.75 bits per heavy atom. The van der Waals surface area contributed by atoms with Crippen LogP contribution in [0.2, 0.25) is 0 Å². The lowest BCUT2D eigenvalue weighted by Gasteiger charge is -2.29. The van der Waals surface area contributed by atoms with Crippen LogP contribution in [0, 0.1) is 5.21 Å². The molecule has 0 rings (SSSR count). The minimum absolute atomic E-state index is 0.378. The van der Waals surface area contributed by atoms with E-state index in [1.807, 2.05) is 6.92 Å². The molecule has 1 atom stereocenters. The lowest BCUT2D eigenvalue weighted by molar-refractivity contribution is -0.772. The summed E-state index contributed by atoms with van der Waals surface area (Å²) in [7, 11) is 1.34. The van der Waals surface area contributed by atoms with Gasteiger partial charge in [-0.15, -0.1) is 0 Å². The minimum atomic E-state index is -0.767. The van der Waals surface area contributed by atoms with Crippen molar-refractivity contribution in [3.8, 4) is 0 Å². The predicted molar refractivity (Wildman–Crippen MR) is 30.8 cm³/mol. The van der Waals surface area contributed by atoms with Crippen LogP contribution in [0.15, 0.2) is 0 Å². The summed E-state index contributed by atoms with van der Waals surface area (Å²) >= 11 is 0. The average Bonchev–Trinajstić information content (AvgIpc) is 1.67. The van der Waals surface area contributed by atoms with E-state index in [1.54, 1.807) is 0 Å². The monoisotopic (exact) mass is 117 g/mol. The molecular formula is C5H11NO2. The number of hydrogen-bond donors (Lipinski definition) is 0. The van der Waals surface area contributed by atoms with E-state index < -0.39 is 4.65 Å². The van der Waals surface area contributed by atoms with E-state index in [1.165, 1.54) is 7.05 Å². The first-order chi connectivity index (χ1) is 3.62. The number of rotatable bonds is 3. The van der Waals surface area contributed by atoms with Gasteiger partial charge in [-0.1, -0.05) is 6.92 Å². The highest BCUT2D eigenvalue weighted by Crippen LogP contribution is 1.93. The summed E-state index contributed by atoms with van der Waals surface area (Å²) in [5.74, 6) is 0. The van der Waals surface area contributed by atoms with Gasteiger partial charge in [-0.2, -0.15) is 0 Å². The van der Waals surface area contributed by atoms with Gasteiger partial charge in [0, 0.05) is 0 Å². The van der Waals surface area contributed by atoms with E-state index in [0.717, 1.165) is 6.42 Å². The number of amides is 1. The van der Waals surface area contributed by atoms with Gasteiger partial charge in [-0.3, -0.25) is 0 Å². The Morgan fingerprint density at radius 3 is 2.38 bits per heavy atom. The summed E-state index contributed by atoms with van der Waals surface area (Å²) < 4.78 is -0.767. The van der Waals surface area contributed by atoms with E-state index in [0.29, 0.717) is 13.0 Å². The predicted octanol–water partition coefficient (Wildman–Crippen LogP) is 0.497. The maximum absolute atomic E-state index is 10.6. The molecule has 0 saturated carbocycles. The van der Waals surface area contributed by atoms with E-state index in [-0.39, 0.29) is 0 Å². The molecule has 1 unspecified atom stereocenters. The highest BCUT2D eigenvalue weighted by Gasteiger charge is 2.03. The standard InChI is InChI=1S/C5H11NO2/c1-3-4-6(2,8)5-7/h5H,3-4H2,1-2H3. The molecule has 0 aromatic rings. The lowest BCUT2D eigenvalue weighted by atomic mass is 10.4. The van der Waals surface area contributed by atoms with Gasteiger partial charge in [0.15, 0.2) is 0 Å². The van der Waals surface area contributed by atoms with Crippen LogP contribution in [0.1, 0.15) is 13.3 Å². The van der Waals surface area contributed by atoms with Gasteiger partial charge in [0.05, 0.1) is 13.6 Å². The second-order valence-electron chi connectivity index (χ2n) is 2.00. The molecule has 0 fully saturated rings. The van der Waals surface area contributed by atoms with Gasteiger partial charge >= 0.3 is 6.41 Å². The molecule has 0 N–H and O–H groups in total. The van der Waals surface area contributed by atoms with E-state index in [9.17, 15) is 10.0 Å². The first kappa shape index (κ1) is 7.59. The number of hydroxylamine groups is 3. The van der Waals surface area contributed by atoms with Crippen molar-refractivity contribution in [3.05, 3.63) is 5.21 Å². The Kier molecular flexibility index (Phi) is 2.65. The lowest BCUT2D eigenvalue weighted by Crippen LogP contribution is -2.36. The van der Waals surface area contributed by atoms with Crippen molar-refractivity contribution in [3.63, 3.8) is 0 Å². The zero-order valence-electron chi connectivity index (χ0n) is 5.26. The van der Waals surface area contributed by atoms with Crippen LogP contribution in [-0.4, -0.2) is 24.6 Å². The van der Waals surface area contributed by atoms with Crippen LogP contribution in [0.5, 0.6) is 0 Å². The first-order valence-electron chi connectivity index (χ1n) is 2.65. The molecule has 48 valence electrons. The van der Waals surface area contributed by atoms with Crippen LogP contribution in [0.25, 0.3) is 0 Å². The molecule has 3 nitrogen and oxygen atoms in total. The highest BCUT2D eigenvalue weighted by molar-refractivity contribution is 5.37. The normalized spacial score (nSPS) is 17.4. The zero-order valence-corrected chi connectivity index (χ0v) is 5.26. The Bertz CT molecular complexity index is 80.5. The number of hydrogen-bond acceptors (Lipinski definition) is 2. The summed E-state index contributed by atoms with van der Waals surface area (Å²) in [4.78, 5) is 9.88. The second-order valence-corrected chi connectivity index (χ2v) is 2.00. The van der Waals surface area contributed by atoms with Gasteiger partial charge < -0.3 is 9.85 Å². The molecule has 0 aliphatic heterocycles. The number of carbonyl (C=O) groups excluding carboxylic acids is 1. The topological polar surface area (TPSA) is 40.1 Å². The molecule has 0 heterocycles. The largest absolute Gasteiger partial charge is 0.626 e. The van der Waals surface area contributed by atoms with Gasteiger partial charge in [0.25, 0.3) is 0 Å². The molecule has 1 amide bonds. The molecule has 3 heteroatoms. The summed E-state index contributed by atoms with van der Waals surface area (Å²) in [6.07, 6.45) is 1.16. The molecule has 0 aromatic carbocycles. The average molecular weight is 117 g/mol. The third-order valence-corrected chi connectivity index (χ3v) is 0.891. The number of nitrogens with zero attached hydrogens (tertiary/aromatic N) is 1. The van der Waals surface area contributed by atoms with Gasteiger partial charge in [-0.05, 0) is 6.42 Å². The van der Waals surface area contributed by atoms with Crippen molar-refractivity contribution in [2.45, 2.75) is 13.3 Å². The van der Waals surface area contributed by atoms with Crippen molar-refractivity contribution < 1.29 is 9.44 Å². The van der Waals surface area contributed by atoms with Gasteiger partial charge in [0.2, 0.25) is 0 Å². The second kappa shape index (κ2) is 2.79. The van der Waals surface area contributed by atoms with Crippen LogP contribution in [0.3, 0.4) is 0 Å². The van der Waals surface area contributed by atoms with Crippen LogP contribution >= 0.6 is 0 Å². The maximum Gasteiger partial charge on any atom is 0.301 e. The molecule has 0 saturated heterocycles. The van der Waals surface area contributed by atoms with Crippen molar-refractivity contribution in [2.75, 3.05) is 13.6 Å². The Morgan fingerprint density at radius 2 is 2.25 bits per heavy atom. The maximum atomic E-state index is 10.6. The van der Waals surface area contributed by atoms with Crippen molar-refractivity contribution in [1.29, 1.82) is 0 Å². The summed E-state index contributed by atoms with van der Waals surface area (Å²) in [6, 6.07) is 0. The van der Waals surface area contributed by atoms with E-state index >= 15 is 0 Å². The SMILES string of the molecule is CCC[N+](C)([O-])C=O. The van der Waals surface area contributed by atoms with Crippen LogP contribution in [-0.2, 0) is 4.79 Å². The highest BCUT2D eigenvalue weighted by atomic mass is 16.6. The molecule has 0 aliphatic rings. The van der Waals surface area contributed by atoms with Crippen LogP contribution in [0.4, 0.5) is 0 Å². The molecule has 0 aromatic heterocycles. The molecule has 0 radical (unpaired) electrons. The van der Waals surface area contributed by atoms with Crippen molar-refractivity contribution >= 4 is 6.41 Å². The fraction of sp³-hybridized carbons (Fsp3) is 0.800. The quantitative estimate of drug-likeness (QED) is 0.307. The fourth-order valence-corrected chi connectivity index (χ4v) is 0.497. The van der Waals surface area contributed by atoms with Gasteiger partial charge in [-0.25, -0.2) is 4.79 Å². The summed E-state index contributed by atoms with van der Waals surface area (Å²) in [5.41, 5.74) is 0. The fourth-order valence-electron chi connectivity index (χ4n) is 0.497. The zero-order chi connectivity index (χ0) is 6.62. The van der Waals surface area contributed by atoms with E-state index in [4.69, 9.17) is 0 Å². The first-order valence-corrected chi connectivity index (χ1v) is 2.65. The van der Waals surface area contributed by atoms with Gasteiger partial charge in [0.1, 0.15) is 0 Å². The van der Waals surface area contributed by atoms with Crippen LogP contribution < -0.4 is 0 Å². The number of quaternary nitrogens is 1. The summed E-state index contributed by atoms with van der Waals surface area (Å²) in [5, 5.41) is 10.6. The Hall–Kier alpha value is -0.410. The Balaban J connectivity index is 3.53. The Labute approximate surface area is 49.1 Å². The van der Waals surface area contributed by atoms with Crippen molar-refractivity contribution in [1.82, 2.24) is 0 Å². The summed E-state index contributed by atoms with van der Waals surface area (Å²) in [6.45, 7) is 2.25. The smallest absolute Gasteiger partial charge is 0.301 e. The molecule has 0 aliphatic carbocycles. The molecule has 0 spiro atoms. The van der Waals surface area contributed by atoms with E-state index in [2.05, 4.69) is 0 Å².